The lowest BCUT2D eigenvalue weighted by molar-refractivity contribution is 0.141. The molecule has 0 spiro atoms. The molecule has 1 aliphatic heterocycles. The predicted octanol–water partition coefficient (Wildman–Crippen LogP) is 2.77. The van der Waals surface area contributed by atoms with Crippen molar-refractivity contribution in [3.63, 3.8) is 0 Å². The zero-order valence-electron chi connectivity index (χ0n) is 9.91. The number of ether oxygens (including phenoxy) is 1. The first kappa shape index (κ1) is 11.0. The second-order valence-electron chi connectivity index (χ2n) is 5.15. The molecule has 0 radical (unpaired) electrons. The zero-order chi connectivity index (χ0) is 11.8. The SMILES string of the molecule is CC(C)(C)c1cccc(C2CNC(=O)O2)c1. The van der Waals surface area contributed by atoms with E-state index in [-0.39, 0.29) is 17.6 Å². The molecule has 0 saturated carbocycles. The van der Waals surface area contributed by atoms with E-state index in [1.807, 2.05) is 12.1 Å². The minimum absolute atomic E-state index is 0.117. The first-order valence-electron chi connectivity index (χ1n) is 5.52. The van der Waals surface area contributed by atoms with Gasteiger partial charge in [0, 0.05) is 0 Å². The van der Waals surface area contributed by atoms with Crippen molar-refractivity contribution < 1.29 is 9.53 Å². The van der Waals surface area contributed by atoms with E-state index in [4.69, 9.17) is 4.74 Å². The van der Waals surface area contributed by atoms with E-state index in [0.717, 1.165) is 5.56 Å². The minimum atomic E-state index is -0.328. The molecule has 1 amide bonds. The van der Waals surface area contributed by atoms with Crippen LogP contribution in [0.15, 0.2) is 24.3 Å². The molecule has 1 aliphatic rings. The third-order valence-corrected chi connectivity index (χ3v) is 2.81. The standard InChI is InChI=1S/C13H17NO2/c1-13(2,3)10-6-4-5-9(7-10)11-8-14-12(15)16-11/h4-7,11H,8H2,1-3H3,(H,14,15). The third kappa shape index (κ3) is 2.18. The van der Waals surface area contributed by atoms with Crippen molar-refractivity contribution in [2.24, 2.45) is 0 Å². The molecule has 0 bridgehead atoms. The van der Waals surface area contributed by atoms with Crippen LogP contribution in [0, 0.1) is 0 Å². The van der Waals surface area contributed by atoms with Gasteiger partial charge in [-0.3, -0.25) is 0 Å². The second-order valence-corrected chi connectivity index (χ2v) is 5.15. The summed E-state index contributed by atoms with van der Waals surface area (Å²) in [7, 11) is 0. The molecule has 0 aromatic heterocycles. The van der Waals surface area contributed by atoms with Crippen LogP contribution < -0.4 is 5.32 Å². The summed E-state index contributed by atoms with van der Waals surface area (Å²) in [5.41, 5.74) is 2.44. The van der Waals surface area contributed by atoms with Crippen molar-refractivity contribution in [1.29, 1.82) is 0 Å². The number of benzene rings is 1. The van der Waals surface area contributed by atoms with E-state index in [1.165, 1.54) is 5.56 Å². The van der Waals surface area contributed by atoms with Gasteiger partial charge in [0.25, 0.3) is 0 Å². The molecule has 86 valence electrons. The summed E-state index contributed by atoms with van der Waals surface area (Å²) >= 11 is 0. The summed E-state index contributed by atoms with van der Waals surface area (Å²) in [5.74, 6) is 0. The Hall–Kier alpha value is -1.51. The third-order valence-electron chi connectivity index (χ3n) is 2.81. The van der Waals surface area contributed by atoms with Crippen LogP contribution in [0.5, 0.6) is 0 Å². The van der Waals surface area contributed by atoms with Crippen LogP contribution in [0.3, 0.4) is 0 Å². The van der Waals surface area contributed by atoms with Crippen LogP contribution in [0.4, 0.5) is 4.79 Å². The molecule has 1 aromatic carbocycles. The number of cyclic esters (lactones) is 1. The molecular weight excluding hydrogens is 202 g/mol. The Labute approximate surface area is 95.8 Å². The lowest BCUT2D eigenvalue weighted by Crippen LogP contribution is -2.13. The van der Waals surface area contributed by atoms with Gasteiger partial charge in [-0.25, -0.2) is 4.79 Å². The normalized spacial score (nSPS) is 20.4. The molecule has 1 heterocycles. The number of hydrogen-bond acceptors (Lipinski definition) is 2. The Balaban J connectivity index is 2.26. The van der Waals surface area contributed by atoms with E-state index in [1.54, 1.807) is 0 Å². The van der Waals surface area contributed by atoms with Crippen molar-refractivity contribution in [3.8, 4) is 0 Å². The van der Waals surface area contributed by atoms with E-state index in [9.17, 15) is 4.79 Å². The highest BCUT2D eigenvalue weighted by Gasteiger charge is 2.25. The number of carbonyl (C=O) groups excluding carboxylic acids is 1. The minimum Gasteiger partial charge on any atom is -0.439 e. The molecular formula is C13H17NO2. The monoisotopic (exact) mass is 219 g/mol. The lowest BCUT2D eigenvalue weighted by atomic mass is 9.86. The Kier molecular flexibility index (Phi) is 2.62. The Bertz CT molecular complexity index is 407. The molecule has 1 unspecified atom stereocenters. The fraction of sp³-hybridized carbons (Fsp3) is 0.462. The lowest BCUT2D eigenvalue weighted by Gasteiger charge is -2.20. The first-order valence-corrected chi connectivity index (χ1v) is 5.52. The molecule has 1 atom stereocenters. The van der Waals surface area contributed by atoms with Gasteiger partial charge < -0.3 is 10.1 Å². The molecule has 1 fully saturated rings. The van der Waals surface area contributed by atoms with Gasteiger partial charge in [-0.1, -0.05) is 45.0 Å². The summed E-state index contributed by atoms with van der Waals surface area (Å²) in [4.78, 5) is 11.0. The van der Waals surface area contributed by atoms with Crippen LogP contribution in [0.2, 0.25) is 0 Å². The number of nitrogens with one attached hydrogen (secondary N) is 1. The van der Waals surface area contributed by atoms with Gasteiger partial charge in [0.2, 0.25) is 0 Å². The fourth-order valence-electron chi connectivity index (χ4n) is 1.78. The smallest absolute Gasteiger partial charge is 0.407 e. The molecule has 16 heavy (non-hydrogen) atoms. The number of rotatable bonds is 1. The van der Waals surface area contributed by atoms with E-state index in [2.05, 4.69) is 38.2 Å². The topological polar surface area (TPSA) is 38.3 Å². The summed E-state index contributed by atoms with van der Waals surface area (Å²) in [5, 5.41) is 2.67. The predicted molar refractivity (Wildman–Crippen MR) is 62.4 cm³/mol. The average molecular weight is 219 g/mol. The Morgan fingerprint density at radius 3 is 2.69 bits per heavy atom. The summed E-state index contributed by atoms with van der Waals surface area (Å²) in [6, 6.07) is 8.24. The highest BCUT2D eigenvalue weighted by Crippen LogP contribution is 2.27. The van der Waals surface area contributed by atoms with E-state index < -0.39 is 0 Å². The van der Waals surface area contributed by atoms with E-state index in [0.29, 0.717) is 6.54 Å². The van der Waals surface area contributed by atoms with Crippen LogP contribution in [-0.2, 0) is 10.2 Å². The molecule has 3 nitrogen and oxygen atoms in total. The molecule has 2 rings (SSSR count). The van der Waals surface area contributed by atoms with Crippen molar-refractivity contribution in [2.75, 3.05) is 6.54 Å². The van der Waals surface area contributed by atoms with Gasteiger partial charge in [-0.15, -0.1) is 0 Å². The number of carbonyl (C=O) groups is 1. The highest BCUT2D eigenvalue weighted by atomic mass is 16.6. The molecule has 1 saturated heterocycles. The van der Waals surface area contributed by atoms with Crippen molar-refractivity contribution in [2.45, 2.75) is 32.3 Å². The Morgan fingerprint density at radius 1 is 1.38 bits per heavy atom. The van der Waals surface area contributed by atoms with Crippen LogP contribution in [0.1, 0.15) is 38.0 Å². The fourth-order valence-corrected chi connectivity index (χ4v) is 1.78. The van der Waals surface area contributed by atoms with Crippen LogP contribution in [-0.4, -0.2) is 12.6 Å². The average Bonchev–Trinajstić information content (AvgIpc) is 2.64. The second kappa shape index (κ2) is 3.81. The van der Waals surface area contributed by atoms with Crippen molar-refractivity contribution >= 4 is 6.09 Å². The van der Waals surface area contributed by atoms with Crippen LogP contribution >= 0.6 is 0 Å². The maximum atomic E-state index is 11.0. The van der Waals surface area contributed by atoms with Gasteiger partial charge in [-0.05, 0) is 16.5 Å². The van der Waals surface area contributed by atoms with Gasteiger partial charge in [0.05, 0.1) is 6.54 Å². The maximum Gasteiger partial charge on any atom is 0.407 e. The largest absolute Gasteiger partial charge is 0.439 e. The van der Waals surface area contributed by atoms with Gasteiger partial charge in [0.15, 0.2) is 0 Å². The Morgan fingerprint density at radius 2 is 2.12 bits per heavy atom. The quantitative estimate of drug-likeness (QED) is 0.788. The summed E-state index contributed by atoms with van der Waals surface area (Å²) < 4.78 is 5.16. The molecule has 1 aromatic rings. The highest BCUT2D eigenvalue weighted by molar-refractivity contribution is 5.69. The number of amides is 1. The van der Waals surface area contributed by atoms with Gasteiger partial charge in [0.1, 0.15) is 6.10 Å². The maximum absolute atomic E-state index is 11.0. The van der Waals surface area contributed by atoms with Gasteiger partial charge >= 0.3 is 6.09 Å². The first-order chi connectivity index (χ1) is 7.47. The number of alkyl carbamates (subject to hydrolysis) is 1. The van der Waals surface area contributed by atoms with Crippen molar-refractivity contribution in [3.05, 3.63) is 35.4 Å². The van der Waals surface area contributed by atoms with Gasteiger partial charge in [-0.2, -0.15) is 0 Å². The van der Waals surface area contributed by atoms with Crippen LogP contribution in [0.25, 0.3) is 0 Å². The number of hydrogen-bond donors (Lipinski definition) is 1. The molecule has 0 aliphatic carbocycles. The summed E-state index contributed by atoms with van der Waals surface area (Å²) in [6.45, 7) is 7.08. The van der Waals surface area contributed by atoms with Crippen molar-refractivity contribution in [1.82, 2.24) is 5.32 Å². The van der Waals surface area contributed by atoms with E-state index >= 15 is 0 Å². The zero-order valence-corrected chi connectivity index (χ0v) is 9.91. The molecule has 3 heteroatoms. The molecule has 1 N–H and O–H groups in total. The summed E-state index contributed by atoms with van der Waals surface area (Å²) in [6.07, 6.45) is -0.471.